The molecule has 1 unspecified atom stereocenters. The van der Waals surface area contributed by atoms with Crippen molar-refractivity contribution >= 4 is 17.6 Å². The van der Waals surface area contributed by atoms with Crippen molar-refractivity contribution in [1.82, 2.24) is 15.3 Å². The first kappa shape index (κ1) is 18.1. The minimum atomic E-state index is -1.39. The Bertz CT molecular complexity index is 777. The number of amides is 2. The molecule has 0 spiro atoms. The highest BCUT2D eigenvalue weighted by Crippen LogP contribution is 2.27. The summed E-state index contributed by atoms with van der Waals surface area (Å²) < 4.78 is 10.6. The van der Waals surface area contributed by atoms with Crippen LogP contribution in [0.5, 0.6) is 11.5 Å². The Balaban J connectivity index is 0.00000109. The maximum Gasteiger partial charge on any atom is 0.298 e. The first-order valence-electron chi connectivity index (χ1n) is 7.69. The van der Waals surface area contributed by atoms with E-state index in [1.165, 1.54) is 19.5 Å². The van der Waals surface area contributed by atoms with Gasteiger partial charge >= 0.3 is 0 Å². The van der Waals surface area contributed by atoms with E-state index >= 15 is 0 Å². The van der Waals surface area contributed by atoms with Crippen LogP contribution in [0.1, 0.15) is 19.7 Å². The van der Waals surface area contributed by atoms with Gasteiger partial charge in [-0.3, -0.25) is 9.59 Å². The van der Waals surface area contributed by atoms with Crippen LogP contribution in [0.25, 0.3) is 0 Å². The topological polar surface area (TPSA) is 103 Å². The summed E-state index contributed by atoms with van der Waals surface area (Å²) in [6.07, 6.45) is 1.58. The standard InChI is InChI=1S/C15H12N4O4.C2H6/c1-22-9-5-2-3-6-10(9)23-11-14(20)18-13(19-15(11)21)12-16-7-4-8-17-12;1-2/h2-8,11H,1H3,(H,18,19,20,21);1-2H3. The Morgan fingerprint density at radius 2 is 1.64 bits per heavy atom. The van der Waals surface area contributed by atoms with Gasteiger partial charge in [-0.2, -0.15) is 4.99 Å². The maximum absolute atomic E-state index is 12.2. The third kappa shape index (κ3) is 4.17. The average Bonchev–Trinajstić information content (AvgIpc) is 2.67. The van der Waals surface area contributed by atoms with Crippen molar-refractivity contribution in [2.24, 2.45) is 4.99 Å². The van der Waals surface area contributed by atoms with E-state index in [1.807, 2.05) is 13.8 Å². The quantitative estimate of drug-likeness (QED) is 0.842. The summed E-state index contributed by atoms with van der Waals surface area (Å²) in [4.78, 5) is 35.9. The van der Waals surface area contributed by atoms with E-state index in [0.29, 0.717) is 5.75 Å². The van der Waals surface area contributed by atoms with E-state index in [9.17, 15) is 9.59 Å². The molecule has 1 atom stereocenters. The highest BCUT2D eigenvalue weighted by Gasteiger charge is 2.35. The Labute approximate surface area is 144 Å². The van der Waals surface area contributed by atoms with Gasteiger partial charge in [0.1, 0.15) is 0 Å². The Morgan fingerprint density at radius 3 is 2.24 bits per heavy atom. The minimum absolute atomic E-state index is 0.000441. The van der Waals surface area contributed by atoms with Crippen LogP contribution in [0.4, 0.5) is 0 Å². The highest BCUT2D eigenvalue weighted by atomic mass is 16.5. The molecule has 1 aromatic heterocycles. The lowest BCUT2D eigenvalue weighted by Crippen LogP contribution is -2.50. The van der Waals surface area contributed by atoms with Gasteiger partial charge in [0, 0.05) is 12.4 Å². The molecule has 2 heterocycles. The third-order valence-corrected chi connectivity index (χ3v) is 3.02. The van der Waals surface area contributed by atoms with Crippen molar-refractivity contribution in [3.8, 4) is 11.5 Å². The van der Waals surface area contributed by atoms with Gasteiger partial charge in [0.15, 0.2) is 23.2 Å². The molecule has 1 aliphatic rings. The maximum atomic E-state index is 12.2. The summed E-state index contributed by atoms with van der Waals surface area (Å²) in [5, 5.41) is 2.47. The number of aromatic nitrogens is 2. The van der Waals surface area contributed by atoms with Gasteiger partial charge in [-0.25, -0.2) is 9.97 Å². The van der Waals surface area contributed by atoms with Crippen molar-refractivity contribution in [3.63, 3.8) is 0 Å². The minimum Gasteiger partial charge on any atom is -0.493 e. The average molecular weight is 342 g/mol. The van der Waals surface area contributed by atoms with Gasteiger partial charge in [-0.15, -0.1) is 0 Å². The number of benzene rings is 1. The molecule has 0 saturated heterocycles. The molecule has 0 aliphatic carbocycles. The number of methoxy groups -OCH3 is 1. The fourth-order valence-corrected chi connectivity index (χ4v) is 1.97. The van der Waals surface area contributed by atoms with Crippen LogP contribution in [0.2, 0.25) is 0 Å². The number of hydrogen-bond donors (Lipinski definition) is 1. The molecular weight excluding hydrogens is 324 g/mol. The Morgan fingerprint density at radius 1 is 1.00 bits per heavy atom. The molecular formula is C17H18N4O4. The van der Waals surface area contributed by atoms with Crippen LogP contribution in [0, 0.1) is 0 Å². The number of amidine groups is 1. The predicted octanol–water partition coefficient (Wildman–Crippen LogP) is 1.36. The first-order chi connectivity index (χ1) is 12.2. The zero-order chi connectivity index (χ0) is 18.2. The first-order valence-corrected chi connectivity index (χ1v) is 7.69. The van der Waals surface area contributed by atoms with Gasteiger partial charge in [-0.1, -0.05) is 26.0 Å². The number of para-hydroxylation sites is 2. The summed E-state index contributed by atoms with van der Waals surface area (Å²) in [5.41, 5.74) is 0. The lowest BCUT2D eigenvalue weighted by Gasteiger charge is -2.21. The summed E-state index contributed by atoms with van der Waals surface area (Å²) in [7, 11) is 1.47. The Kier molecular flexibility index (Phi) is 6.16. The van der Waals surface area contributed by atoms with Crippen LogP contribution >= 0.6 is 0 Å². The second-order valence-electron chi connectivity index (χ2n) is 4.51. The molecule has 1 N–H and O–H groups in total. The van der Waals surface area contributed by atoms with E-state index in [2.05, 4.69) is 20.3 Å². The lowest BCUT2D eigenvalue weighted by molar-refractivity contribution is -0.137. The zero-order valence-electron chi connectivity index (χ0n) is 14.1. The molecule has 8 heteroatoms. The van der Waals surface area contributed by atoms with Crippen molar-refractivity contribution in [2.75, 3.05) is 7.11 Å². The molecule has 0 fully saturated rings. The molecule has 1 aliphatic heterocycles. The predicted molar refractivity (Wildman–Crippen MR) is 90.5 cm³/mol. The van der Waals surface area contributed by atoms with Crippen LogP contribution in [0.3, 0.4) is 0 Å². The number of nitrogens with one attached hydrogen (secondary N) is 1. The number of ether oxygens (including phenoxy) is 2. The summed E-state index contributed by atoms with van der Waals surface area (Å²) >= 11 is 0. The number of rotatable bonds is 4. The largest absolute Gasteiger partial charge is 0.493 e. The number of nitrogens with zero attached hydrogens (tertiary/aromatic N) is 3. The second-order valence-corrected chi connectivity index (χ2v) is 4.51. The molecule has 1 aromatic carbocycles. The number of aliphatic imine (C=N–C) groups is 1. The number of carbonyl (C=O) groups is 2. The van der Waals surface area contributed by atoms with Crippen molar-refractivity contribution < 1.29 is 19.1 Å². The molecule has 0 radical (unpaired) electrons. The molecule has 0 saturated carbocycles. The van der Waals surface area contributed by atoms with Crippen molar-refractivity contribution in [1.29, 1.82) is 0 Å². The van der Waals surface area contributed by atoms with E-state index in [1.54, 1.807) is 30.3 Å². The smallest absolute Gasteiger partial charge is 0.298 e. The molecule has 25 heavy (non-hydrogen) atoms. The highest BCUT2D eigenvalue weighted by molar-refractivity contribution is 6.21. The SMILES string of the molecule is CC.COc1ccccc1OC1C(=O)N=C(c2ncccn2)NC1=O. The third-order valence-electron chi connectivity index (χ3n) is 3.02. The van der Waals surface area contributed by atoms with Gasteiger partial charge in [0.05, 0.1) is 7.11 Å². The monoisotopic (exact) mass is 342 g/mol. The number of hydrogen-bond acceptors (Lipinski definition) is 6. The molecule has 2 amide bonds. The normalized spacial score (nSPS) is 16.1. The van der Waals surface area contributed by atoms with Crippen molar-refractivity contribution in [2.45, 2.75) is 20.0 Å². The Hall–Kier alpha value is -3.29. The lowest BCUT2D eigenvalue weighted by atomic mass is 10.2. The van der Waals surface area contributed by atoms with E-state index in [0.717, 1.165) is 0 Å². The van der Waals surface area contributed by atoms with Crippen LogP contribution in [0.15, 0.2) is 47.7 Å². The zero-order valence-corrected chi connectivity index (χ0v) is 14.1. The van der Waals surface area contributed by atoms with Crippen LogP contribution < -0.4 is 14.8 Å². The van der Waals surface area contributed by atoms with Gasteiger partial charge in [-0.05, 0) is 18.2 Å². The van der Waals surface area contributed by atoms with Gasteiger partial charge in [0.25, 0.3) is 17.9 Å². The fraction of sp³-hybridized carbons (Fsp3) is 0.235. The van der Waals surface area contributed by atoms with E-state index < -0.39 is 17.9 Å². The second kappa shape index (κ2) is 8.53. The van der Waals surface area contributed by atoms with Crippen molar-refractivity contribution in [3.05, 3.63) is 48.5 Å². The molecule has 3 rings (SSSR count). The molecule has 130 valence electrons. The summed E-state index contributed by atoms with van der Waals surface area (Å²) in [6, 6.07) is 8.32. The summed E-state index contributed by atoms with van der Waals surface area (Å²) in [6.45, 7) is 4.00. The van der Waals surface area contributed by atoms with E-state index in [4.69, 9.17) is 9.47 Å². The molecule has 2 aromatic rings. The van der Waals surface area contributed by atoms with Crippen LogP contribution in [-0.2, 0) is 9.59 Å². The molecule has 8 nitrogen and oxygen atoms in total. The fourth-order valence-electron chi connectivity index (χ4n) is 1.97. The number of carbonyl (C=O) groups excluding carboxylic acids is 2. The summed E-state index contributed by atoms with van der Waals surface area (Å²) in [5.74, 6) is -0.529. The van der Waals surface area contributed by atoms with Gasteiger partial charge < -0.3 is 14.8 Å². The van der Waals surface area contributed by atoms with Crippen LogP contribution in [-0.4, -0.2) is 40.8 Å². The van der Waals surface area contributed by atoms with E-state index in [-0.39, 0.29) is 17.4 Å². The van der Waals surface area contributed by atoms with Gasteiger partial charge in [0.2, 0.25) is 0 Å². The molecule has 0 bridgehead atoms.